The molecule has 0 aliphatic heterocycles. The van der Waals surface area contributed by atoms with Crippen molar-refractivity contribution in [3.8, 4) is 5.75 Å². The molecule has 70 valence electrons. The Hall–Kier alpha value is -1.44. The number of nitrogen functional groups attached to an aromatic ring is 1. The summed E-state index contributed by atoms with van der Waals surface area (Å²) in [4.78, 5) is 0. The number of anilines is 1. The standard InChI is InChI=1S/C11H15NO/c1-9(2)7-8-13-11-6-4-3-5-10(11)12/h3-7H,8,12H2,1-2H3. The highest BCUT2D eigenvalue weighted by Crippen LogP contribution is 2.19. The Morgan fingerprint density at radius 1 is 1.38 bits per heavy atom. The van der Waals surface area contributed by atoms with Gasteiger partial charge in [0, 0.05) is 0 Å². The Morgan fingerprint density at radius 3 is 2.69 bits per heavy atom. The first-order valence-electron chi connectivity index (χ1n) is 4.31. The van der Waals surface area contributed by atoms with E-state index in [2.05, 4.69) is 0 Å². The molecule has 1 aromatic carbocycles. The minimum Gasteiger partial charge on any atom is -0.487 e. The van der Waals surface area contributed by atoms with Gasteiger partial charge in [-0.05, 0) is 32.1 Å². The summed E-state index contributed by atoms with van der Waals surface area (Å²) in [6.07, 6.45) is 2.02. The fourth-order valence-corrected chi connectivity index (χ4v) is 0.910. The first-order valence-corrected chi connectivity index (χ1v) is 4.31. The molecule has 1 rings (SSSR count). The van der Waals surface area contributed by atoms with Gasteiger partial charge in [0.1, 0.15) is 12.4 Å². The zero-order valence-electron chi connectivity index (χ0n) is 8.08. The van der Waals surface area contributed by atoms with Crippen molar-refractivity contribution in [3.05, 3.63) is 35.9 Å². The van der Waals surface area contributed by atoms with Gasteiger partial charge >= 0.3 is 0 Å². The molecule has 0 aliphatic carbocycles. The van der Waals surface area contributed by atoms with Crippen molar-refractivity contribution in [2.24, 2.45) is 0 Å². The van der Waals surface area contributed by atoms with Crippen molar-refractivity contribution in [1.29, 1.82) is 0 Å². The number of benzene rings is 1. The highest BCUT2D eigenvalue weighted by molar-refractivity contribution is 5.51. The average Bonchev–Trinajstić information content (AvgIpc) is 2.08. The first kappa shape index (κ1) is 9.65. The zero-order valence-corrected chi connectivity index (χ0v) is 8.08. The smallest absolute Gasteiger partial charge is 0.142 e. The molecule has 0 bridgehead atoms. The van der Waals surface area contributed by atoms with Gasteiger partial charge in [-0.15, -0.1) is 0 Å². The van der Waals surface area contributed by atoms with Crippen LogP contribution >= 0.6 is 0 Å². The lowest BCUT2D eigenvalue weighted by atomic mass is 10.3. The molecule has 0 aromatic heterocycles. The van der Waals surface area contributed by atoms with Gasteiger partial charge in [0.05, 0.1) is 5.69 Å². The summed E-state index contributed by atoms with van der Waals surface area (Å²) in [6.45, 7) is 4.66. The lowest BCUT2D eigenvalue weighted by molar-refractivity contribution is 0.364. The van der Waals surface area contributed by atoms with E-state index in [0.717, 1.165) is 5.75 Å². The van der Waals surface area contributed by atoms with Crippen LogP contribution in [0.25, 0.3) is 0 Å². The fraction of sp³-hybridized carbons (Fsp3) is 0.273. The molecular formula is C11H15NO. The Balaban J connectivity index is 2.55. The summed E-state index contributed by atoms with van der Waals surface area (Å²) in [7, 11) is 0. The molecule has 2 N–H and O–H groups in total. The van der Waals surface area contributed by atoms with Crippen molar-refractivity contribution in [3.63, 3.8) is 0 Å². The van der Waals surface area contributed by atoms with Crippen LogP contribution in [0, 0.1) is 0 Å². The lowest BCUT2D eigenvalue weighted by Gasteiger charge is -2.05. The van der Waals surface area contributed by atoms with Gasteiger partial charge in [0.2, 0.25) is 0 Å². The molecule has 0 heterocycles. The maximum Gasteiger partial charge on any atom is 0.142 e. The van der Waals surface area contributed by atoms with Crippen LogP contribution in [0.15, 0.2) is 35.9 Å². The predicted octanol–water partition coefficient (Wildman–Crippen LogP) is 2.61. The Labute approximate surface area is 79.0 Å². The number of hydrogen-bond donors (Lipinski definition) is 1. The molecule has 0 atom stereocenters. The van der Waals surface area contributed by atoms with E-state index < -0.39 is 0 Å². The SMILES string of the molecule is CC(C)=CCOc1ccccc1N. The van der Waals surface area contributed by atoms with E-state index in [1.54, 1.807) is 0 Å². The molecule has 0 spiro atoms. The van der Waals surface area contributed by atoms with E-state index >= 15 is 0 Å². The average molecular weight is 177 g/mol. The normalized spacial score (nSPS) is 9.38. The van der Waals surface area contributed by atoms with Gasteiger partial charge in [0.15, 0.2) is 0 Å². The van der Waals surface area contributed by atoms with Crippen molar-refractivity contribution >= 4 is 5.69 Å². The number of allylic oxidation sites excluding steroid dienone is 1. The topological polar surface area (TPSA) is 35.2 Å². The second-order valence-electron chi connectivity index (χ2n) is 3.13. The second-order valence-corrected chi connectivity index (χ2v) is 3.13. The Bertz CT molecular complexity index is 301. The molecule has 0 amide bonds. The van der Waals surface area contributed by atoms with Crippen LogP contribution in [-0.4, -0.2) is 6.61 Å². The number of para-hydroxylation sites is 2. The first-order chi connectivity index (χ1) is 6.20. The molecule has 2 nitrogen and oxygen atoms in total. The van der Waals surface area contributed by atoms with Crippen LogP contribution in [-0.2, 0) is 0 Å². The molecule has 0 unspecified atom stereocenters. The van der Waals surface area contributed by atoms with Crippen LogP contribution in [0.1, 0.15) is 13.8 Å². The molecule has 13 heavy (non-hydrogen) atoms. The minimum absolute atomic E-state index is 0.580. The summed E-state index contributed by atoms with van der Waals surface area (Å²) in [5.41, 5.74) is 7.62. The highest BCUT2D eigenvalue weighted by Gasteiger charge is 1.95. The minimum atomic E-state index is 0.580. The van der Waals surface area contributed by atoms with Gasteiger partial charge in [-0.2, -0.15) is 0 Å². The van der Waals surface area contributed by atoms with E-state index in [0.29, 0.717) is 12.3 Å². The Morgan fingerprint density at radius 2 is 2.08 bits per heavy atom. The Kier molecular flexibility index (Phi) is 3.38. The van der Waals surface area contributed by atoms with Gasteiger partial charge in [0.25, 0.3) is 0 Å². The molecule has 1 aromatic rings. The van der Waals surface area contributed by atoms with Gasteiger partial charge in [-0.25, -0.2) is 0 Å². The van der Waals surface area contributed by atoms with Crippen molar-refractivity contribution in [2.45, 2.75) is 13.8 Å². The van der Waals surface area contributed by atoms with Crippen molar-refractivity contribution in [2.75, 3.05) is 12.3 Å². The van der Waals surface area contributed by atoms with Crippen LogP contribution in [0.4, 0.5) is 5.69 Å². The molecule has 2 heteroatoms. The maximum atomic E-state index is 5.69. The van der Waals surface area contributed by atoms with Crippen LogP contribution in [0.2, 0.25) is 0 Å². The molecule has 0 saturated carbocycles. The van der Waals surface area contributed by atoms with Crippen molar-refractivity contribution < 1.29 is 4.74 Å². The third kappa shape index (κ3) is 3.20. The van der Waals surface area contributed by atoms with Gasteiger partial charge in [-0.3, -0.25) is 0 Å². The second kappa shape index (κ2) is 4.55. The molecule has 0 fully saturated rings. The van der Waals surface area contributed by atoms with Crippen LogP contribution in [0.5, 0.6) is 5.75 Å². The maximum absolute atomic E-state index is 5.69. The van der Waals surface area contributed by atoms with Gasteiger partial charge < -0.3 is 10.5 Å². The predicted molar refractivity (Wildman–Crippen MR) is 55.8 cm³/mol. The quantitative estimate of drug-likeness (QED) is 0.569. The number of nitrogens with two attached hydrogens (primary N) is 1. The highest BCUT2D eigenvalue weighted by atomic mass is 16.5. The third-order valence-electron chi connectivity index (χ3n) is 1.65. The fourth-order valence-electron chi connectivity index (χ4n) is 0.910. The molecule has 0 radical (unpaired) electrons. The number of rotatable bonds is 3. The number of hydrogen-bond acceptors (Lipinski definition) is 2. The van der Waals surface area contributed by atoms with E-state index in [4.69, 9.17) is 10.5 Å². The van der Waals surface area contributed by atoms with E-state index in [9.17, 15) is 0 Å². The summed E-state index contributed by atoms with van der Waals surface area (Å²) in [5, 5.41) is 0. The summed E-state index contributed by atoms with van der Waals surface area (Å²) in [6, 6.07) is 7.50. The third-order valence-corrected chi connectivity index (χ3v) is 1.65. The number of ether oxygens (including phenoxy) is 1. The molecule has 0 saturated heterocycles. The molecule has 0 aliphatic rings. The largest absolute Gasteiger partial charge is 0.487 e. The van der Waals surface area contributed by atoms with E-state index in [1.165, 1.54) is 5.57 Å². The van der Waals surface area contributed by atoms with E-state index in [-0.39, 0.29) is 0 Å². The lowest BCUT2D eigenvalue weighted by Crippen LogP contribution is -1.97. The van der Waals surface area contributed by atoms with Crippen LogP contribution < -0.4 is 10.5 Å². The molecular weight excluding hydrogens is 162 g/mol. The summed E-state index contributed by atoms with van der Waals surface area (Å²) >= 11 is 0. The zero-order chi connectivity index (χ0) is 9.68. The monoisotopic (exact) mass is 177 g/mol. The summed E-state index contributed by atoms with van der Waals surface area (Å²) in [5.74, 6) is 0.750. The van der Waals surface area contributed by atoms with E-state index in [1.807, 2.05) is 44.2 Å². The van der Waals surface area contributed by atoms with Gasteiger partial charge in [-0.1, -0.05) is 17.7 Å². The summed E-state index contributed by atoms with van der Waals surface area (Å²) < 4.78 is 5.45. The van der Waals surface area contributed by atoms with Crippen LogP contribution in [0.3, 0.4) is 0 Å². The van der Waals surface area contributed by atoms with Crippen molar-refractivity contribution in [1.82, 2.24) is 0 Å².